The van der Waals surface area contributed by atoms with Gasteiger partial charge in [0.2, 0.25) is 0 Å². The maximum Gasteiger partial charge on any atom is 0.344 e. The van der Waals surface area contributed by atoms with E-state index in [1.165, 1.54) is 74.9 Å². The van der Waals surface area contributed by atoms with Gasteiger partial charge in [0.1, 0.15) is 22.2 Å². The lowest BCUT2D eigenvalue weighted by Crippen LogP contribution is -2.20. The first-order chi connectivity index (χ1) is 14.1. The second-order valence-electron chi connectivity index (χ2n) is 7.03. The maximum atomic E-state index is 13.2. The lowest BCUT2D eigenvalue weighted by Gasteiger charge is -2.23. The highest BCUT2D eigenvalue weighted by Crippen LogP contribution is 2.32. The smallest absolute Gasteiger partial charge is 0.344 e. The topological polar surface area (TPSA) is 64.1 Å². The minimum Gasteiger partial charge on any atom is -0.465 e. The molecule has 29 heavy (non-hydrogen) atoms. The monoisotopic (exact) mass is 435 g/mol. The fourth-order valence-electron chi connectivity index (χ4n) is 3.39. The zero-order chi connectivity index (χ0) is 20.6. The van der Waals surface area contributed by atoms with E-state index in [2.05, 4.69) is 15.3 Å². The molecule has 0 spiro atoms. The number of nitrogens with one attached hydrogen (secondary N) is 1. The molecule has 0 aliphatic heterocycles. The molecule has 0 bridgehead atoms. The highest BCUT2D eigenvalue weighted by molar-refractivity contribution is 7.99. The van der Waals surface area contributed by atoms with Crippen LogP contribution in [0.2, 0.25) is 0 Å². The third kappa shape index (κ3) is 6.09. The number of nitrogens with zero attached hydrogens (tertiary/aromatic N) is 2. The average Bonchev–Trinajstić information content (AvgIpc) is 2.77. The number of rotatable bonds is 8. The van der Waals surface area contributed by atoms with E-state index in [9.17, 15) is 9.18 Å². The predicted octanol–water partition coefficient (Wildman–Crippen LogP) is 5.41. The molecule has 0 unspecified atom stereocenters. The van der Waals surface area contributed by atoms with Gasteiger partial charge in [-0.25, -0.2) is 19.2 Å². The fraction of sp³-hybridized carbons (Fsp3) is 0.476. The Morgan fingerprint density at radius 1 is 1.21 bits per heavy atom. The third-order valence-electron chi connectivity index (χ3n) is 5.00. The molecule has 1 aliphatic carbocycles. The summed E-state index contributed by atoms with van der Waals surface area (Å²) in [6.45, 7) is 0.789. The van der Waals surface area contributed by atoms with Crippen LogP contribution in [0.25, 0.3) is 0 Å². The normalized spacial score (nSPS) is 14.6. The molecule has 0 atom stereocenters. The Balaban J connectivity index is 1.84. The zero-order valence-corrected chi connectivity index (χ0v) is 18.4. The van der Waals surface area contributed by atoms with Crippen molar-refractivity contribution in [1.29, 1.82) is 0 Å². The van der Waals surface area contributed by atoms with E-state index >= 15 is 0 Å². The van der Waals surface area contributed by atoms with Gasteiger partial charge in [-0.3, -0.25) is 0 Å². The van der Waals surface area contributed by atoms with Gasteiger partial charge in [-0.2, -0.15) is 0 Å². The summed E-state index contributed by atoms with van der Waals surface area (Å²) < 4.78 is 18.2. The molecule has 8 heteroatoms. The van der Waals surface area contributed by atoms with Crippen LogP contribution in [0.3, 0.4) is 0 Å². The number of hydrogen-bond acceptors (Lipinski definition) is 7. The number of benzene rings is 1. The molecule has 2 aromatic rings. The molecule has 1 heterocycles. The SMILES string of the molecule is COC(=O)c1c(NCC2CCCCC2)nc(SC)nc1SCc1ccc(F)cc1. The summed E-state index contributed by atoms with van der Waals surface area (Å²) in [5.41, 5.74) is 1.32. The number of carbonyl (C=O) groups excluding carboxylic acids is 1. The molecule has 0 radical (unpaired) electrons. The van der Waals surface area contributed by atoms with Crippen molar-refractivity contribution in [2.45, 2.75) is 48.0 Å². The van der Waals surface area contributed by atoms with Crippen LogP contribution in [0.4, 0.5) is 10.2 Å². The molecule has 5 nitrogen and oxygen atoms in total. The highest BCUT2D eigenvalue weighted by Gasteiger charge is 2.23. The molecule has 156 valence electrons. The van der Waals surface area contributed by atoms with Gasteiger partial charge in [0, 0.05) is 12.3 Å². The van der Waals surface area contributed by atoms with Gasteiger partial charge in [0.05, 0.1) is 7.11 Å². The van der Waals surface area contributed by atoms with Gasteiger partial charge in [-0.05, 0) is 42.7 Å². The number of esters is 1. The maximum absolute atomic E-state index is 13.2. The van der Waals surface area contributed by atoms with Crippen molar-refractivity contribution in [2.24, 2.45) is 5.92 Å². The number of carbonyl (C=O) groups is 1. The number of aromatic nitrogens is 2. The number of thioether (sulfide) groups is 2. The first kappa shape index (κ1) is 21.9. The van der Waals surface area contributed by atoms with E-state index in [1.807, 2.05) is 6.26 Å². The van der Waals surface area contributed by atoms with E-state index in [0.717, 1.165) is 12.1 Å². The molecular weight excluding hydrogens is 409 g/mol. The lowest BCUT2D eigenvalue weighted by molar-refractivity contribution is 0.0596. The second-order valence-corrected chi connectivity index (χ2v) is 8.77. The molecule has 1 fully saturated rings. The Labute approximate surface area is 179 Å². The molecular formula is C21H26FN3O2S2. The molecule has 3 rings (SSSR count). The van der Waals surface area contributed by atoms with E-state index in [-0.39, 0.29) is 5.82 Å². The Morgan fingerprint density at radius 3 is 2.59 bits per heavy atom. The highest BCUT2D eigenvalue weighted by atomic mass is 32.2. The number of anilines is 1. The average molecular weight is 436 g/mol. The molecule has 1 aromatic heterocycles. The van der Waals surface area contributed by atoms with Gasteiger partial charge in [0.15, 0.2) is 5.16 Å². The van der Waals surface area contributed by atoms with Crippen molar-refractivity contribution < 1.29 is 13.9 Å². The number of methoxy groups -OCH3 is 1. The summed E-state index contributed by atoms with van der Waals surface area (Å²) in [6.07, 6.45) is 8.13. The molecule has 1 aliphatic rings. The summed E-state index contributed by atoms with van der Waals surface area (Å²) in [4.78, 5) is 21.6. The third-order valence-corrected chi connectivity index (χ3v) is 6.59. The van der Waals surface area contributed by atoms with Crippen molar-refractivity contribution in [2.75, 3.05) is 25.2 Å². The zero-order valence-electron chi connectivity index (χ0n) is 16.7. The minimum atomic E-state index is -0.453. The van der Waals surface area contributed by atoms with Crippen molar-refractivity contribution in [3.63, 3.8) is 0 Å². The summed E-state index contributed by atoms with van der Waals surface area (Å²) in [7, 11) is 1.37. The fourth-order valence-corrected chi connectivity index (χ4v) is 4.79. The van der Waals surface area contributed by atoms with E-state index in [4.69, 9.17) is 4.74 Å². The van der Waals surface area contributed by atoms with Crippen LogP contribution in [0.1, 0.15) is 48.0 Å². The van der Waals surface area contributed by atoms with Crippen LogP contribution in [-0.4, -0.2) is 35.8 Å². The summed E-state index contributed by atoms with van der Waals surface area (Å²) in [6, 6.07) is 6.33. The van der Waals surface area contributed by atoms with E-state index in [0.29, 0.717) is 33.2 Å². The number of halogens is 1. The van der Waals surface area contributed by atoms with E-state index < -0.39 is 5.97 Å². The van der Waals surface area contributed by atoms with Crippen molar-refractivity contribution in [3.05, 3.63) is 41.2 Å². The Morgan fingerprint density at radius 2 is 1.93 bits per heavy atom. The lowest BCUT2D eigenvalue weighted by atomic mass is 9.89. The van der Waals surface area contributed by atoms with Gasteiger partial charge in [-0.1, -0.05) is 43.2 Å². The molecule has 1 N–H and O–H groups in total. The Kier molecular flexibility index (Phi) is 8.18. The number of hydrogen-bond donors (Lipinski definition) is 1. The molecule has 0 amide bonds. The molecule has 1 saturated carbocycles. The first-order valence-corrected chi connectivity index (χ1v) is 12.0. The second kappa shape index (κ2) is 10.8. The van der Waals surface area contributed by atoms with Crippen LogP contribution in [0.15, 0.2) is 34.4 Å². The quantitative estimate of drug-likeness (QED) is 0.257. The Bertz CT molecular complexity index is 827. The van der Waals surface area contributed by atoms with Crippen LogP contribution in [0.5, 0.6) is 0 Å². The van der Waals surface area contributed by atoms with Gasteiger partial charge < -0.3 is 10.1 Å². The standard InChI is InChI=1S/C21H26FN3O2S2/c1-27-20(26)17-18(23-12-14-6-4-3-5-7-14)24-21(28-2)25-19(17)29-13-15-8-10-16(22)11-9-15/h8-11,14H,3-7,12-13H2,1-2H3,(H,23,24,25). The van der Waals surface area contributed by atoms with Crippen LogP contribution < -0.4 is 5.32 Å². The van der Waals surface area contributed by atoms with Gasteiger partial charge in [-0.15, -0.1) is 11.8 Å². The van der Waals surface area contributed by atoms with Crippen LogP contribution in [-0.2, 0) is 10.5 Å². The van der Waals surface area contributed by atoms with E-state index in [1.54, 1.807) is 12.1 Å². The largest absolute Gasteiger partial charge is 0.465 e. The van der Waals surface area contributed by atoms with Crippen molar-refractivity contribution in [3.8, 4) is 0 Å². The van der Waals surface area contributed by atoms with Crippen molar-refractivity contribution in [1.82, 2.24) is 9.97 Å². The molecule has 0 saturated heterocycles. The number of ether oxygens (including phenoxy) is 1. The Hall–Kier alpha value is -1.80. The van der Waals surface area contributed by atoms with Crippen molar-refractivity contribution >= 4 is 35.3 Å². The van der Waals surface area contributed by atoms with Gasteiger partial charge >= 0.3 is 5.97 Å². The van der Waals surface area contributed by atoms with Crippen LogP contribution >= 0.6 is 23.5 Å². The summed E-state index contributed by atoms with van der Waals surface area (Å²) in [5.74, 6) is 0.970. The first-order valence-electron chi connectivity index (χ1n) is 9.76. The van der Waals surface area contributed by atoms with Crippen LogP contribution in [0, 0.1) is 11.7 Å². The predicted molar refractivity (Wildman–Crippen MR) is 116 cm³/mol. The molecule has 1 aromatic carbocycles. The van der Waals surface area contributed by atoms with Gasteiger partial charge in [0.25, 0.3) is 0 Å². The summed E-state index contributed by atoms with van der Waals surface area (Å²) in [5, 5.41) is 4.57. The summed E-state index contributed by atoms with van der Waals surface area (Å²) >= 11 is 2.86. The minimum absolute atomic E-state index is 0.269.